The molecule has 144 valence electrons. The van der Waals surface area contributed by atoms with Crippen molar-refractivity contribution in [2.45, 2.75) is 6.92 Å². The molecular weight excluding hydrogens is 380 g/mol. The summed E-state index contributed by atoms with van der Waals surface area (Å²) >= 11 is 5.20. The van der Waals surface area contributed by atoms with E-state index in [0.717, 1.165) is 0 Å². The molecule has 2 amide bonds. The van der Waals surface area contributed by atoms with Gasteiger partial charge >= 0.3 is 0 Å². The number of hydrogen-bond donors (Lipinski definition) is 2. The first-order valence-corrected chi connectivity index (χ1v) is 8.86. The number of phenolic OH excluding ortho intramolecular Hbond substituents is 1. The molecule has 0 spiro atoms. The third kappa shape index (κ3) is 3.81. The van der Waals surface area contributed by atoms with Crippen molar-refractivity contribution in [2.75, 3.05) is 18.6 Å². The molecule has 2 N–H and O–H groups in total. The Morgan fingerprint density at radius 1 is 1.21 bits per heavy atom. The zero-order valence-electron chi connectivity index (χ0n) is 15.3. The third-order valence-electron chi connectivity index (χ3n) is 4.00. The number of methoxy groups -OCH3 is 1. The van der Waals surface area contributed by atoms with Gasteiger partial charge in [-0.05, 0) is 55.0 Å². The average Bonchev–Trinajstić information content (AvgIpc) is 2.67. The Balaban J connectivity index is 1.99. The molecule has 0 atom stereocenters. The number of aromatic hydroxyl groups is 1. The molecule has 1 fully saturated rings. The second-order valence-electron chi connectivity index (χ2n) is 5.82. The van der Waals surface area contributed by atoms with Gasteiger partial charge in [-0.25, -0.2) is 0 Å². The molecule has 1 saturated heterocycles. The molecule has 7 nitrogen and oxygen atoms in total. The van der Waals surface area contributed by atoms with Gasteiger partial charge in [0, 0.05) is 6.07 Å². The molecule has 0 bridgehead atoms. The van der Waals surface area contributed by atoms with Gasteiger partial charge in [-0.3, -0.25) is 19.8 Å². The molecular formula is C20H18N2O5S. The molecule has 2 aromatic carbocycles. The number of nitrogens with one attached hydrogen (secondary N) is 1. The van der Waals surface area contributed by atoms with Crippen molar-refractivity contribution in [1.29, 1.82) is 0 Å². The molecule has 1 aliphatic rings. The van der Waals surface area contributed by atoms with Gasteiger partial charge in [0.25, 0.3) is 11.8 Å². The molecule has 1 heterocycles. The van der Waals surface area contributed by atoms with Crippen molar-refractivity contribution in [1.82, 2.24) is 5.32 Å². The van der Waals surface area contributed by atoms with Crippen LogP contribution < -0.4 is 19.7 Å². The average molecular weight is 398 g/mol. The molecule has 0 saturated carbocycles. The lowest BCUT2D eigenvalue weighted by molar-refractivity contribution is -0.122. The second-order valence-corrected chi connectivity index (χ2v) is 6.21. The predicted molar refractivity (Wildman–Crippen MR) is 108 cm³/mol. The minimum Gasteiger partial charge on any atom is -0.504 e. The van der Waals surface area contributed by atoms with Crippen molar-refractivity contribution >= 4 is 40.9 Å². The number of ether oxygens (including phenoxy) is 2. The second kappa shape index (κ2) is 8.10. The quantitative estimate of drug-likeness (QED) is 0.457. The summed E-state index contributed by atoms with van der Waals surface area (Å²) in [5, 5.41) is 12.2. The fraction of sp³-hybridized carbons (Fsp3) is 0.150. The number of benzene rings is 2. The first kappa shape index (κ1) is 19.4. The summed E-state index contributed by atoms with van der Waals surface area (Å²) in [5.41, 5.74) is 0.905. The fourth-order valence-electron chi connectivity index (χ4n) is 2.72. The maximum absolute atomic E-state index is 13.0. The van der Waals surface area contributed by atoms with Crippen molar-refractivity contribution in [2.24, 2.45) is 0 Å². The maximum atomic E-state index is 13.0. The highest BCUT2D eigenvalue weighted by atomic mass is 32.1. The van der Waals surface area contributed by atoms with E-state index < -0.39 is 11.8 Å². The van der Waals surface area contributed by atoms with Gasteiger partial charge in [0.15, 0.2) is 16.6 Å². The van der Waals surface area contributed by atoms with Crippen LogP contribution in [0.2, 0.25) is 0 Å². The monoisotopic (exact) mass is 398 g/mol. The minimum absolute atomic E-state index is 0.0101. The Bertz CT molecular complexity index is 986. The standard InChI is InChI=1S/C20H18N2O5S/c1-3-27-14-6-4-5-13(11-14)22-19(25)15(18(24)21-20(22)28)9-12-7-8-16(23)17(10-12)26-2/h4-11,23H,3H2,1-2H3,(H,21,24,28)/b15-9+. The van der Waals surface area contributed by atoms with E-state index in [0.29, 0.717) is 23.6 Å². The van der Waals surface area contributed by atoms with Crippen LogP contribution in [-0.2, 0) is 9.59 Å². The Morgan fingerprint density at radius 2 is 2.00 bits per heavy atom. The van der Waals surface area contributed by atoms with Gasteiger partial charge in [0.2, 0.25) is 0 Å². The molecule has 8 heteroatoms. The van der Waals surface area contributed by atoms with E-state index in [1.54, 1.807) is 30.3 Å². The molecule has 0 radical (unpaired) electrons. The molecule has 1 aliphatic heterocycles. The highest BCUT2D eigenvalue weighted by molar-refractivity contribution is 7.80. The number of carbonyl (C=O) groups is 2. The molecule has 0 aromatic heterocycles. The minimum atomic E-state index is -0.598. The third-order valence-corrected chi connectivity index (χ3v) is 4.29. The van der Waals surface area contributed by atoms with Crippen LogP contribution in [0.4, 0.5) is 5.69 Å². The topological polar surface area (TPSA) is 88.1 Å². The van der Waals surface area contributed by atoms with E-state index >= 15 is 0 Å². The van der Waals surface area contributed by atoms with Crippen molar-refractivity contribution in [3.63, 3.8) is 0 Å². The Labute approximate surface area is 167 Å². The van der Waals surface area contributed by atoms with Gasteiger partial charge < -0.3 is 14.6 Å². The van der Waals surface area contributed by atoms with Crippen LogP contribution in [0.25, 0.3) is 6.08 Å². The van der Waals surface area contributed by atoms with Gasteiger partial charge in [0.05, 0.1) is 19.4 Å². The lowest BCUT2D eigenvalue weighted by Gasteiger charge is -2.29. The smallest absolute Gasteiger partial charge is 0.270 e. The van der Waals surface area contributed by atoms with E-state index in [2.05, 4.69) is 5.32 Å². The van der Waals surface area contributed by atoms with E-state index in [1.807, 2.05) is 6.92 Å². The van der Waals surface area contributed by atoms with Gasteiger partial charge in [0.1, 0.15) is 11.3 Å². The molecule has 28 heavy (non-hydrogen) atoms. The van der Waals surface area contributed by atoms with Crippen LogP contribution in [0.3, 0.4) is 0 Å². The van der Waals surface area contributed by atoms with Crippen LogP contribution in [-0.4, -0.2) is 35.8 Å². The van der Waals surface area contributed by atoms with Gasteiger partial charge in [-0.15, -0.1) is 0 Å². The number of rotatable bonds is 5. The number of anilines is 1. The Kier molecular flexibility index (Phi) is 5.60. The largest absolute Gasteiger partial charge is 0.504 e. The molecule has 0 aliphatic carbocycles. The van der Waals surface area contributed by atoms with Crippen LogP contribution in [0.5, 0.6) is 17.2 Å². The van der Waals surface area contributed by atoms with Crippen molar-refractivity contribution < 1.29 is 24.2 Å². The number of carbonyl (C=O) groups excluding carboxylic acids is 2. The number of phenols is 1. The van der Waals surface area contributed by atoms with E-state index in [-0.39, 0.29) is 22.2 Å². The number of thiocarbonyl (C=S) groups is 1. The van der Waals surface area contributed by atoms with Crippen LogP contribution >= 0.6 is 12.2 Å². The zero-order valence-corrected chi connectivity index (χ0v) is 16.1. The van der Waals surface area contributed by atoms with E-state index in [9.17, 15) is 14.7 Å². The van der Waals surface area contributed by atoms with Gasteiger partial charge in [-0.1, -0.05) is 12.1 Å². The highest BCUT2D eigenvalue weighted by Gasteiger charge is 2.34. The summed E-state index contributed by atoms with van der Waals surface area (Å²) in [6.45, 7) is 2.34. The van der Waals surface area contributed by atoms with Gasteiger partial charge in [-0.2, -0.15) is 0 Å². The van der Waals surface area contributed by atoms with E-state index in [4.69, 9.17) is 21.7 Å². The highest BCUT2D eigenvalue weighted by Crippen LogP contribution is 2.29. The number of nitrogens with zero attached hydrogens (tertiary/aromatic N) is 1. The lowest BCUT2D eigenvalue weighted by atomic mass is 10.1. The first-order valence-electron chi connectivity index (χ1n) is 8.46. The predicted octanol–water partition coefficient (Wildman–Crippen LogP) is 2.63. The molecule has 0 unspecified atom stereocenters. The molecule has 2 aromatic rings. The normalized spacial score (nSPS) is 15.6. The van der Waals surface area contributed by atoms with Crippen molar-refractivity contribution in [3.8, 4) is 17.2 Å². The number of amides is 2. The van der Waals surface area contributed by atoms with Crippen LogP contribution in [0.15, 0.2) is 48.0 Å². The number of hydrogen-bond acceptors (Lipinski definition) is 6. The first-order chi connectivity index (χ1) is 13.4. The zero-order chi connectivity index (χ0) is 20.3. The van der Waals surface area contributed by atoms with Crippen LogP contribution in [0, 0.1) is 0 Å². The maximum Gasteiger partial charge on any atom is 0.270 e. The van der Waals surface area contributed by atoms with Crippen LogP contribution in [0.1, 0.15) is 12.5 Å². The summed E-state index contributed by atoms with van der Waals surface area (Å²) in [7, 11) is 1.41. The van der Waals surface area contributed by atoms with E-state index in [1.165, 1.54) is 30.2 Å². The summed E-state index contributed by atoms with van der Waals surface area (Å²) in [5.74, 6) is -0.385. The Hall–Kier alpha value is -3.39. The SMILES string of the molecule is CCOc1cccc(N2C(=O)/C(=C/c3ccc(O)c(OC)c3)C(=O)NC2=S)c1. The molecule has 3 rings (SSSR count). The summed E-state index contributed by atoms with van der Waals surface area (Å²) in [6, 6.07) is 11.4. The Morgan fingerprint density at radius 3 is 2.71 bits per heavy atom. The summed E-state index contributed by atoms with van der Waals surface area (Å²) in [4.78, 5) is 26.6. The lowest BCUT2D eigenvalue weighted by Crippen LogP contribution is -2.54. The summed E-state index contributed by atoms with van der Waals surface area (Å²) in [6.07, 6.45) is 1.42. The van der Waals surface area contributed by atoms with Crippen molar-refractivity contribution in [3.05, 3.63) is 53.6 Å². The fourth-order valence-corrected chi connectivity index (χ4v) is 3.00. The summed E-state index contributed by atoms with van der Waals surface area (Å²) < 4.78 is 10.5.